The minimum atomic E-state index is -3.32. The van der Waals surface area contributed by atoms with Gasteiger partial charge in [0, 0.05) is 38.0 Å². The Morgan fingerprint density at radius 3 is 2.59 bits per heavy atom. The predicted octanol–water partition coefficient (Wildman–Crippen LogP) is 3.30. The van der Waals surface area contributed by atoms with Crippen molar-refractivity contribution in [2.24, 2.45) is 0 Å². The van der Waals surface area contributed by atoms with Gasteiger partial charge in [0.15, 0.2) is 15.0 Å². The van der Waals surface area contributed by atoms with Crippen LogP contribution in [0, 0.1) is 13.8 Å². The largest absolute Gasteiger partial charge is 0.379 e. The van der Waals surface area contributed by atoms with Gasteiger partial charge < -0.3 is 4.74 Å². The van der Waals surface area contributed by atoms with Gasteiger partial charge in [-0.2, -0.15) is 0 Å². The number of carbonyl (C=O) groups excluding carboxylic acids is 1. The highest BCUT2D eigenvalue weighted by Crippen LogP contribution is 2.32. The van der Waals surface area contributed by atoms with E-state index in [1.165, 1.54) is 17.6 Å². The van der Waals surface area contributed by atoms with E-state index in [0.717, 1.165) is 28.9 Å². The minimum absolute atomic E-state index is 0.0989. The van der Waals surface area contributed by atoms with E-state index in [0.29, 0.717) is 42.5 Å². The van der Waals surface area contributed by atoms with Crippen molar-refractivity contribution < 1.29 is 17.9 Å². The Labute approximate surface area is 192 Å². The van der Waals surface area contributed by atoms with Gasteiger partial charge in [-0.3, -0.25) is 14.6 Å². The lowest BCUT2D eigenvalue weighted by Gasteiger charge is -2.29. The number of morpholine rings is 1. The summed E-state index contributed by atoms with van der Waals surface area (Å²) < 4.78 is 30.1. The maximum Gasteiger partial charge on any atom is 0.260 e. The summed E-state index contributed by atoms with van der Waals surface area (Å²) in [5.41, 5.74) is 3.36. The van der Waals surface area contributed by atoms with Gasteiger partial charge in [0.25, 0.3) is 5.91 Å². The summed E-state index contributed by atoms with van der Waals surface area (Å²) in [5, 5.41) is 0.573. The molecule has 1 aliphatic rings. The molecule has 4 rings (SSSR count). The number of hydrogen-bond acceptors (Lipinski definition) is 7. The number of hydrogen-bond donors (Lipinski definition) is 0. The highest BCUT2D eigenvalue weighted by Gasteiger charge is 2.24. The van der Waals surface area contributed by atoms with Gasteiger partial charge in [-0.25, -0.2) is 13.4 Å². The van der Waals surface area contributed by atoms with Crippen LogP contribution >= 0.6 is 11.3 Å². The Morgan fingerprint density at radius 1 is 1.16 bits per heavy atom. The Hall–Kier alpha value is -2.33. The lowest BCUT2D eigenvalue weighted by molar-refractivity contribution is 0.0391. The number of thiazole rings is 1. The van der Waals surface area contributed by atoms with Crippen molar-refractivity contribution in [3.8, 4) is 0 Å². The quantitative estimate of drug-likeness (QED) is 0.547. The average Bonchev–Trinajstić information content (AvgIpc) is 3.17. The molecular formula is C23H27N3O4S2. The third-order valence-corrected chi connectivity index (χ3v) is 7.76. The molecule has 0 N–H and O–H groups in total. The van der Waals surface area contributed by atoms with Crippen LogP contribution in [0.25, 0.3) is 10.2 Å². The van der Waals surface area contributed by atoms with Gasteiger partial charge >= 0.3 is 0 Å². The SMILES string of the molecule is Cc1ccc(C(=O)N(CCN2CCOCC2)c2nc3ccc(S(C)(=O)=O)cc3s2)c(C)c1. The number of aryl methyl sites for hydroxylation is 2. The van der Waals surface area contributed by atoms with Crippen LogP contribution in [0.3, 0.4) is 0 Å². The van der Waals surface area contributed by atoms with E-state index in [4.69, 9.17) is 4.74 Å². The Balaban J connectivity index is 1.69. The number of aromatic nitrogens is 1. The van der Waals surface area contributed by atoms with Crippen molar-refractivity contribution in [2.45, 2.75) is 18.7 Å². The van der Waals surface area contributed by atoms with E-state index in [1.807, 2.05) is 32.0 Å². The Kier molecular flexibility index (Phi) is 6.62. The summed E-state index contributed by atoms with van der Waals surface area (Å²) >= 11 is 1.34. The third-order valence-electron chi connectivity index (χ3n) is 5.61. The summed E-state index contributed by atoms with van der Waals surface area (Å²) in [6.45, 7) is 8.21. The number of sulfone groups is 1. The highest BCUT2D eigenvalue weighted by atomic mass is 32.2. The molecule has 0 unspecified atom stereocenters. The number of fused-ring (bicyclic) bond motifs is 1. The molecule has 2 aromatic carbocycles. The fraction of sp³-hybridized carbons (Fsp3) is 0.391. The molecule has 1 amide bonds. The zero-order valence-electron chi connectivity index (χ0n) is 18.5. The first-order valence-corrected chi connectivity index (χ1v) is 13.2. The highest BCUT2D eigenvalue weighted by molar-refractivity contribution is 7.90. The van der Waals surface area contributed by atoms with Gasteiger partial charge in [-0.1, -0.05) is 29.0 Å². The second-order valence-corrected chi connectivity index (χ2v) is 11.2. The van der Waals surface area contributed by atoms with Crippen LogP contribution in [0.1, 0.15) is 21.5 Å². The van der Waals surface area contributed by atoms with Crippen LogP contribution < -0.4 is 4.90 Å². The Bertz CT molecular complexity index is 1250. The number of benzene rings is 2. The minimum Gasteiger partial charge on any atom is -0.379 e. The van der Waals surface area contributed by atoms with Crippen molar-refractivity contribution in [1.29, 1.82) is 0 Å². The van der Waals surface area contributed by atoms with Gasteiger partial charge in [0.2, 0.25) is 0 Å². The molecule has 1 fully saturated rings. The maximum atomic E-state index is 13.6. The molecule has 0 bridgehead atoms. The molecule has 32 heavy (non-hydrogen) atoms. The summed E-state index contributed by atoms with van der Waals surface area (Å²) in [7, 11) is -3.32. The van der Waals surface area contributed by atoms with E-state index >= 15 is 0 Å². The van der Waals surface area contributed by atoms with Gasteiger partial charge in [0.05, 0.1) is 28.3 Å². The van der Waals surface area contributed by atoms with Gasteiger partial charge in [-0.05, 0) is 43.7 Å². The molecule has 0 spiro atoms. The van der Waals surface area contributed by atoms with Crippen LogP contribution in [0.2, 0.25) is 0 Å². The second kappa shape index (κ2) is 9.27. The standard InChI is InChI=1S/C23H27N3O4S2/c1-16-4-6-19(17(2)14-16)22(27)26(9-8-25-10-12-30-13-11-25)23-24-20-7-5-18(32(3,28)29)15-21(20)31-23/h4-7,14-15H,8-13H2,1-3H3. The van der Waals surface area contributed by atoms with E-state index < -0.39 is 9.84 Å². The molecule has 0 saturated carbocycles. The van der Waals surface area contributed by atoms with Crippen LogP contribution in [0.4, 0.5) is 5.13 Å². The molecule has 2 heterocycles. The molecule has 0 radical (unpaired) electrons. The zero-order chi connectivity index (χ0) is 22.9. The second-order valence-electron chi connectivity index (χ2n) is 8.13. The number of rotatable bonds is 6. The van der Waals surface area contributed by atoms with Crippen LogP contribution in [0.5, 0.6) is 0 Å². The number of anilines is 1. The number of ether oxygens (including phenoxy) is 1. The van der Waals surface area contributed by atoms with Crippen molar-refractivity contribution >= 4 is 42.4 Å². The van der Waals surface area contributed by atoms with E-state index in [-0.39, 0.29) is 10.8 Å². The van der Waals surface area contributed by atoms with Crippen molar-refractivity contribution in [2.75, 3.05) is 50.5 Å². The van der Waals surface area contributed by atoms with Gasteiger partial charge in [0.1, 0.15) is 0 Å². The van der Waals surface area contributed by atoms with E-state index in [9.17, 15) is 13.2 Å². The average molecular weight is 474 g/mol. The number of nitrogens with zero attached hydrogens (tertiary/aromatic N) is 3. The normalized spacial score (nSPS) is 15.2. The van der Waals surface area contributed by atoms with Crippen molar-refractivity contribution in [3.05, 3.63) is 53.1 Å². The summed E-state index contributed by atoms with van der Waals surface area (Å²) in [4.78, 5) is 22.5. The fourth-order valence-corrected chi connectivity index (χ4v) is 5.54. The van der Waals surface area contributed by atoms with Crippen molar-refractivity contribution in [3.63, 3.8) is 0 Å². The third kappa shape index (κ3) is 5.01. The smallest absolute Gasteiger partial charge is 0.260 e. The number of amides is 1. The molecule has 1 saturated heterocycles. The summed E-state index contributed by atoms with van der Waals surface area (Å²) in [6, 6.07) is 10.7. The fourth-order valence-electron chi connectivity index (χ4n) is 3.79. The van der Waals surface area contributed by atoms with Gasteiger partial charge in [-0.15, -0.1) is 0 Å². The molecule has 7 nitrogen and oxygen atoms in total. The maximum absolute atomic E-state index is 13.6. The first-order chi connectivity index (χ1) is 15.2. The van der Waals surface area contributed by atoms with Crippen LogP contribution in [-0.2, 0) is 14.6 Å². The molecule has 3 aromatic rings. The molecular weight excluding hydrogens is 446 g/mol. The molecule has 0 atom stereocenters. The van der Waals surface area contributed by atoms with E-state index in [1.54, 1.807) is 23.1 Å². The molecule has 1 aromatic heterocycles. The lowest BCUT2D eigenvalue weighted by Crippen LogP contribution is -2.43. The molecule has 9 heteroatoms. The summed E-state index contributed by atoms with van der Waals surface area (Å²) in [5.74, 6) is -0.0989. The van der Waals surface area contributed by atoms with Crippen molar-refractivity contribution in [1.82, 2.24) is 9.88 Å². The first-order valence-electron chi connectivity index (χ1n) is 10.5. The summed E-state index contributed by atoms with van der Waals surface area (Å²) in [6.07, 6.45) is 1.19. The van der Waals surface area contributed by atoms with E-state index in [2.05, 4.69) is 9.88 Å². The Morgan fingerprint density at radius 2 is 1.91 bits per heavy atom. The monoisotopic (exact) mass is 473 g/mol. The zero-order valence-corrected chi connectivity index (χ0v) is 20.1. The lowest BCUT2D eigenvalue weighted by atomic mass is 10.0. The molecule has 0 aliphatic carbocycles. The van der Waals surface area contributed by atoms with Crippen LogP contribution in [0.15, 0.2) is 41.3 Å². The number of carbonyl (C=O) groups is 1. The topological polar surface area (TPSA) is 79.8 Å². The molecule has 170 valence electrons. The predicted molar refractivity (Wildman–Crippen MR) is 128 cm³/mol. The first kappa shape index (κ1) is 22.8. The van der Waals surface area contributed by atoms with Crippen LogP contribution in [-0.4, -0.2) is 69.9 Å². The molecule has 1 aliphatic heterocycles.